The molecule has 0 bridgehead atoms. The standard InChI is InChI=1S/C39H77NO3/c1-3-5-7-9-11-12-13-14-15-16-17-18-19-20-21-22-23-24-25-26-27-28-29-30-32-34-38(42)37(36-41)40-39(43)35-33-31-10-8-6-4-2/h32,34,37-38,41-42H,3-31,33,35-36H2,1-2H3,(H,40,43)/b34-32+. The Bertz CT molecular complexity index is 579. The van der Waals surface area contributed by atoms with Crippen molar-refractivity contribution in [3.63, 3.8) is 0 Å². The Morgan fingerprint density at radius 3 is 1.21 bits per heavy atom. The van der Waals surface area contributed by atoms with Gasteiger partial charge in [-0.3, -0.25) is 4.79 Å². The molecule has 0 aromatic carbocycles. The summed E-state index contributed by atoms with van der Waals surface area (Å²) in [4.78, 5) is 12.1. The molecule has 0 aliphatic rings. The second-order valence-electron chi connectivity index (χ2n) is 13.4. The summed E-state index contributed by atoms with van der Waals surface area (Å²) < 4.78 is 0. The van der Waals surface area contributed by atoms with E-state index >= 15 is 0 Å². The summed E-state index contributed by atoms with van der Waals surface area (Å²) in [5, 5.41) is 22.7. The average Bonchev–Trinajstić information content (AvgIpc) is 3.01. The van der Waals surface area contributed by atoms with Crippen LogP contribution in [-0.2, 0) is 4.79 Å². The zero-order valence-corrected chi connectivity index (χ0v) is 29.2. The fourth-order valence-electron chi connectivity index (χ4n) is 6.00. The molecule has 0 heterocycles. The Labute approximate surface area is 269 Å². The first-order valence-electron chi connectivity index (χ1n) is 19.4. The third-order valence-electron chi connectivity index (χ3n) is 9.02. The maximum absolute atomic E-state index is 12.1. The molecule has 43 heavy (non-hydrogen) atoms. The van der Waals surface area contributed by atoms with Crippen molar-refractivity contribution in [1.29, 1.82) is 0 Å². The van der Waals surface area contributed by atoms with Gasteiger partial charge in [-0.15, -0.1) is 0 Å². The molecule has 0 fully saturated rings. The van der Waals surface area contributed by atoms with Crippen LogP contribution in [0.5, 0.6) is 0 Å². The van der Waals surface area contributed by atoms with E-state index in [-0.39, 0.29) is 12.5 Å². The molecule has 0 spiro atoms. The molecule has 2 unspecified atom stereocenters. The molecule has 0 aliphatic heterocycles. The first kappa shape index (κ1) is 42.1. The monoisotopic (exact) mass is 608 g/mol. The van der Waals surface area contributed by atoms with E-state index < -0.39 is 12.1 Å². The molecule has 1 amide bonds. The Morgan fingerprint density at radius 2 is 0.860 bits per heavy atom. The largest absolute Gasteiger partial charge is 0.394 e. The minimum absolute atomic E-state index is 0.0724. The highest BCUT2D eigenvalue weighted by molar-refractivity contribution is 5.76. The van der Waals surface area contributed by atoms with Crippen LogP contribution in [0.25, 0.3) is 0 Å². The number of rotatable bonds is 35. The van der Waals surface area contributed by atoms with Crippen molar-refractivity contribution in [2.45, 2.75) is 225 Å². The predicted molar refractivity (Wildman–Crippen MR) is 189 cm³/mol. The smallest absolute Gasteiger partial charge is 0.220 e. The molecule has 4 nitrogen and oxygen atoms in total. The molecule has 0 saturated heterocycles. The maximum Gasteiger partial charge on any atom is 0.220 e. The third kappa shape index (κ3) is 32.3. The Kier molecular flexibility index (Phi) is 34.9. The van der Waals surface area contributed by atoms with Crippen LogP contribution in [0, 0.1) is 0 Å². The van der Waals surface area contributed by atoms with Crippen molar-refractivity contribution in [2.24, 2.45) is 0 Å². The van der Waals surface area contributed by atoms with E-state index in [9.17, 15) is 15.0 Å². The normalized spacial score (nSPS) is 13.1. The molecular formula is C39H77NO3. The van der Waals surface area contributed by atoms with Crippen molar-refractivity contribution >= 4 is 5.91 Å². The minimum Gasteiger partial charge on any atom is -0.394 e. The van der Waals surface area contributed by atoms with Crippen LogP contribution in [0.3, 0.4) is 0 Å². The van der Waals surface area contributed by atoms with E-state index in [0.717, 1.165) is 25.7 Å². The Hall–Kier alpha value is -0.870. The fourth-order valence-corrected chi connectivity index (χ4v) is 6.00. The van der Waals surface area contributed by atoms with Gasteiger partial charge in [-0.2, -0.15) is 0 Å². The summed E-state index contributed by atoms with van der Waals surface area (Å²) in [5.41, 5.74) is 0. The van der Waals surface area contributed by atoms with Gasteiger partial charge in [0.2, 0.25) is 5.91 Å². The van der Waals surface area contributed by atoms with Gasteiger partial charge in [-0.05, 0) is 19.3 Å². The highest BCUT2D eigenvalue weighted by atomic mass is 16.3. The van der Waals surface area contributed by atoms with Gasteiger partial charge in [0.1, 0.15) is 0 Å². The van der Waals surface area contributed by atoms with Gasteiger partial charge in [0.05, 0.1) is 18.8 Å². The zero-order valence-electron chi connectivity index (χ0n) is 29.2. The molecule has 0 aliphatic carbocycles. The van der Waals surface area contributed by atoms with Crippen LogP contribution in [0.4, 0.5) is 0 Å². The second-order valence-corrected chi connectivity index (χ2v) is 13.4. The SMILES string of the molecule is CCCCCCCCCCCCCCCCCCCCCCCCC/C=C/C(O)C(CO)NC(=O)CCCCCCCC. The highest BCUT2D eigenvalue weighted by Crippen LogP contribution is 2.16. The Morgan fingerprint density at radius 1 is 0.535 bits per heavy atom. The number of carbonyl (C=O) groups is 1. The fraction of sp³-hybridized carbons (Fsp3) is 0.923. The zero-order chi connectivity index (χ0) is 31.5. The van der Waals surface area contributed by atoms with E-state index in [1.54, 1.807) is 6.08 Å². The van der Waals surface area contributed by atoms with E-state index in [1.165, 1.54) is 167 Å². The number of aliphatic hydroxyl groups excluding tert-OH is 2. The van der Waals surface area contributed by atoms with E-state index in [0.29, 0.717) is 6.42 Å². The van der Waals surface area contributed by atoms with Crippen LogP contribution in [0.1, 0.15) is 213 Å². The van der Waals surface area contributed by atoms with Gasteiger partial charge in [0.25, 0.3) is 0 Å². The molecule has 3 N–H and O–H groups in total. The topological polar surface area (TPSA) is 69.6 Å². The molecule has 4 heteroatoms. The summed E-state index contributed by atoms with van der Waals surface area (Å²) >= 11 is 0. The highest BCUT2D eigenvalue weighted by Gasteiger charge is 2.17. The number of hydrogen-bond donors (Lipinski definition) is 3. The lowest BCUT2D eigenvalue weighted by molar-refractivity contribution is -0.123. The van der Waals surface area contributed by atoms with Gasteiger partial charge in [-0.1, -0.05) is 199 Å². The summed E-state index contributed by atoms with van der Waals surface area (Å²) in [6, 6.07) is -0.613. The van der Waals surface area contributed by atoms with Crippen molar-refractivity contribution in [2.75, 3.05) is 6.61 Å². The number of hydrogen-bond acceptors (Lipinski definition) is 3. The summed E-state index contributed by atoms with van der Waals surface area (Å²) in [6.07, 6.45) is 43.4. The van der Waals surface area contributed by atoms with Crippen LogP contribution in [0.15, 0.2) is 12.2 Å². The number of nitrogens with one attached hydrogen (secondary N) is 1. The summed E-state index contributed by atoms with van der Waals surface area (Å²) in [6.45, 7) is 4.25. The number of allylic oxidation sites excluding steroid dienone is 1. The van der Waals surface area contributed by atoms with Gasteiger partial charge in [0.15, 0.2) is 0 Å². The van der Waals surface area contributed by atoms with Gasteiger partial charge in [0, 0.05) is 6.42 Å². The summed E-state index contributed by atoms with van der Waals surface area (Å²) in [5.74, 6) is -0.0724. The molecule has 0 aromatic rings. The van der Waals surface area contributed by atoms with Crippen molar-refractivity contribution in [1.82, 2.24) is 5.32 Å². The van der Waals surface area contributed by atoms with E-state index in [2.05, 4.69) is 19.2 Å². The van der Waals surface area contributed by atoms with Crippen molar-refractivity contribution in [3.8, 4) is 0 Å². The first-order valence-corrected chi connectivity index (χ1v) is 19.4. The third-order valence-corrected chi connectivity index (χ3v) is 9.02. The molecular weight excluding hydrogens is 530 g/mol. The lowest BCUT2D eigenvalue weighted by Crippen LogP contribution is -2.45. The predicted octanol–water partition coefficient (Wildman–Crippen LogP) is 11.5. The molecule has 2 atom stereocenters. The maximum atomic E-state index is 12.1. The van der Waals surface area contributed by atoms with Crippen LogP contribution in [0.2, 0.25) is 0 Å². The minimum atomic E-state index is -0.831. The van der Waals surface area contributed by atoms with Crippen LogP contribution in [-0.4, -0.2) is 34.9 Å². The van der Waals surface area contributed by atoms with E-state index in [4.69, 9.17) is 0 Å². The second kappa shape index (κ2) is 35.6. The molecule has 0 saturated carbocycles. The summed E-state index contributed by atoms with van der Waals surface area (Å²) in [7, 11) is 0. The van der Waals surface area contributed by atoms with E-state index in [1.807, 2.05) is 6.08 Å². The number of carbonyl (C=O) groups excluding carboxylic acids is 1. The van der Waals surface area contributed by atoms with Crippen LogP contribution < -0.4 is 5.32 Å². The molecule has 0 rings (SSSR count). The van der Waals surface area contributed by atoms with Crippen molar-refractivity contribution in [3.05, 3.63) is 12.2 Å². The van der Waals surface area contributed by atoms with Crippen molar-refractivity contribution < 1.29 is 15.0 Å². The Balaban J connectivity index is 3.43. The van der Waals surface area contributed by atoms with Crippen LogP contribution >= 0.6 is 0 Å². The van der Waals surface area contributed by atoms with Gasteiger partial charge < -0.3 is 15.5 Å². The lowest BCUT2D eigenvalue weighted by Gasteiger charge is -2.20. The molecule has 0 aromatic heterocycles. The lowest BCUT2D eigenvalue weighted by atomic mass is 10.0. The molecule has 256 valence electrons. The average molecular weight is 608 g/mol. The first-order chi connectivity index (χ1) is 21.2. The number of aliphatic hydroxyl groups is 2. The molecule has 0 radical (unpaired) electrons. The number of unbranched alkanes of at least 4 members (excludes halogenated alkanes) is 28. The van der Waals surface area contributed by atoms with Gasteiger partial charge >= 0.3 is 0 Å². The van der Waals surface area contributed by atoms with Gasteiger partial charge in [-0.25, -0.2) is 0 Å². The number of amides is 1. The quantitative estimate of drug-likeness (QED) is 0.0496.